The van der Waals surface area contributed by atoms with Gasteiger partial charge >= 0.3 is 0 Å². The molecule has 2 N–H and O–H groups in total. The number of nitrogens with zero attached hydrogens (tertiary/aromatic N) is 3. The van der Waals surface area contributed by atoms with Gasteiger partial charge in [-0.25, -0.2) is 0 Å². The van der Waals surface area contributed by atoms with Gasteiger partial charge in [-0.3, -0.25) is 14.5 Å². The van der Waals surface area contributed by atoms with Crippen LogP contribution in [0.2, 0.25) is 0 Å². The molecule has 9 heteroatoms. The molecule has 0 spiro atoms. The second-order valence-corrected chi connectivity index (χ2v) is 10.2. The van der Waals surface area contributed by atoms with E-state index < -0.39 is 6.23 Å². The maximum absolute atomic E-state index is 13.2. The van der Waals surface area contributed by atoms with E-state index in [1.165, 1.54) is 0 Å². The number of aliphatic hydroxyl groups is 1. The summed E-state index contributed by atoms with van der Waals surface area (Å²) in [5.74, 6) is 0.366. The Morgan fingerprint density at radius 3 is 2.63 bits per heavy atom. The lowest BCUT2D eigenvalue weighted by Crippen LogP contribution is -2.55. The number of methoxy groups -OCH3 is 1. The largest absolute Gasteiger partial charge is 0.385 e. The van der Waals surface area contributed by atoms with E-state index in [9.17, 15) is 14.7 Å². The van der Waals surface area contributed by atoms with Crippen LogP contribution in [0.25, 0.3) is 0 Å². The van der Waals surface area contributed by atoms with Gasteiger partial charge in [-0.2, -0.15) is 0 Å². The molecule has 2 saturated heterocycles. The van der Waals surface area contributed by atoms with Crippen molar-refractivity contribution in [2.75, 3.05) is 59.7 Å². The molecular weight excluding hydrogens is 448 g/mol. The maximum atomic E-state index is 13.2. The van der Waals surface area contributed by atoms with Gasteiger partial charge in [0.1, 0.15) is 6.23 Å². The summed E-state index contributed by atoms with van der Waals surface area (Å²) >= 11 is 0. The lowest BCUT2D eigenvalue weighted by Gasteiger charge is -2.42. The Kier molecular flexibility index (Phi) is 10.7. The first kappa shape index (κ1) is 27.8. The first-order chi connectivity index (χ1) is 16.8. The van der Waals surface area contributed by atoms with Crippen molar-refractivity contribution in [2.45, 2.75) is 58.8 Å². The topological polar surface area (TPSA) is 96.3 Å². The van der Waals surface area contributed by atoms with Crippen molar-refractivity contribution in [2.24, 2.45) is 11.8 Å². The number of ether oxygens (including phenoxy) is 2. The van der Waals surface area contributed by atoms with Crippen LogP contribution >= 0.6 is 0 Å². The van der Waals surface area contributed by atoms with E-state index in [1.807, 2.05) is 21.6 Å². The van der Waals surface area contributed by atoms with E-state index in [1.54, 1.807) is 14.0 Å². The molecule has 1 unspecified atom stereocenters. The predicted molar refractivity (Wildman–Crippen MR) is 134 cm³/mol. The molecule has 2 aliphatic rings. The predicted octanol–water partition coefficient (Wildman–Crippen LogP) is 1.90. The normalized spacial score (nSPS) is 22.1. The number of piperidine rings is 1. The number of unbranched alkanes of at least 4 members (excludes halogenated alkanes) is 1. The molecule has 3 heterocycles. The highest BCUT2D eigenvalue weighted by atomic mass is 16.5. The fourth-order valence-corrected chi connectivity index (χ4v) is 5.22. The molecule has 0 saturated carbocycles. The lowest BCUT2D eigenvalue weighted by molar-refractivity contribution is -0.141. The van der Waals surface area contributed by atoms with Crippen molar-refractivity contribution < 1.29 is 24.2 Å². The summed E-state index contributed by atoms with van der Waals surface area (Å²) in [6.45, 7) is 11.7. The van der Waals surface area contributed by atoms with Crippen molar-refractivity contribution in [1.82, 2.24) is 19.7 Å². The Bertz CT molecular complexity index is 821. The third kappa shape index (κ3) is 7.36. The molecule has 0 aromatic carbocycles. The lowest BCUT2D eigenvalue weighted by atomic mass is 9.92. The van der Waals surface area contributed by atoms with Crippen molar-refractivity contribution in [3.63, 3.8) is 0 Å². The number of hydrogen-bond acceptors (Lipinski definition) is 7. The molecule has 1 amide bonds. The third-order valence-corrected chi connectivity index (χ3v) is 6.98. The highest BCUT2D eigenvalue weighted by Crippen LogP contribution is 2.29. The van der Waals surface area contributed by atoms with Crippen LogP contribution in [0.15, 0.2) is 12.1 Å². The number of carbonyl (C=O) groups excluding carboxylic acids is 2. The number of morpholine rings is 1. The smallest absolute Gasteiger partial charge is 0.227 e. The van der Waals surface area contributed by atoms with E-state index in [-0.39, 0.29) is 23.7 Å². The Morgan fingerprint density at radius 1 is 1.23 bits per heavy atom. The van der Waals surface area contributed by atoms with E-state index in [4.69, 9.17) is 9.47 Å². The zero-order chi connectivity index (χ0) is 25.4. The van der Waals surface area contributed by atoms with Crippen molar-refractivity contribution in [1.29, 1.82) is 0 Å². The molecule has 2 aliphatic heterocycles. The van der Waals surface area contributed by atoms with Gasteiger partial charge in [-0.15, -0.1) is 0 Å². The fourth-order valence-electron chi connectivity index (χ4n) is 5.22. The summed E-state index contributed by atoms with van der Waals surface area (Å²) in [5, 5.41) is 15.1. The number of rotatable bonds is 12. The Labute approximate surface area is 209 Å². The molecule has 2 fully saturated rings. The van der Waals surface area contributed by atoms with Crippen LogP contribution in [0.1, 0.15) is 62.4 Å². The van der Waals surface area contributed by atoms with Gasteiger partial charge in [0.2, 0.25) is 5.91 Å². The van der Waals surface area contributed by atoms with Crippen LogP contribution in [0.4, 0.5) is 0 Å². The molecule has 9 nitrogen and oxygen atoms in total. The van der Waals surface area contributed by atoms with E-state index >= 15 is 0 Å². The molecule has 1 aromatic rings. The van der Waals surface area contributed by atoms with Crippen molar-refractivity contribution >= 4 is 11.7 Å². The van der Waals surface area contributed by atoms with Crippen LogP contribution in [0.3, 0.4) is 0 Å². The van der Waals surface area contributed by atoms with Crippen molar-refractivity contribution in [3.8, 4) is 0 Å². The number of hydrogen-bond donors (Lipinski definition) is 2. The first-order valence-corrected chi connectivity index (χ1v) is 13.0. The number of aliphatic hydroxyl groups excluding tert-OH is 1. The number of carbonyl (C=O) groups is 2. The Hall–Kier alpha value is -1.78. The number of aromatic nitrogens is 1. The minimum absolute atomic E-state index is 0.00811. The Balaban J connectivity index is 1.79. The number of Topliss-reactive ketones (excluding diaryl/α,β-unsaturated/α-hetero) is 1. The molecule has 3 rings (SSSR count). The average molecular weight is 493 g/mol. The summed E-state index contributed by atoms with van der Waals surface area (Å²) in [4.78, 5) is 29.5. The standard InChI is InChI=1S/C26H44N4O5/c1-19(2)18-30(22-15-21(16-27-17-22)25(32)28-10-13-35-14-11-28)26(33)24-8-7-23(20(3)31)29(24)9-5-6-12-34-4/h7-8,19,21-22,26-27,33H,5-6,9-18H2,1-4H3/t21-,22+,26?/m1/s1. The molecule has 0 bridgehead atoms. The monoisotopic (exact) mass is 492 g/mol. The van der Waals surface area contributed by atoms with Crippen LogP contribution in [0.5, 0.6) is 0 Å². The average Bonchev–Trinajstić information content (AvgIpc) is 3.29. The Morgan fingerprint density at radius 2 is 1.97 bits per heavy atom. The molecule has 0 aliphatic carbocycles. The van der Waals surface area contributed by atoms with Gasteiger partial charge < -0.3 is 29.4 Å². The minimum Gasteiger partial charge on any atom is -0.385 e. The molecule has 35 heavy (non-hydrogen) atoms. The van der Waals surface area contributed by atoms with Gasteiger partial charge in [0.15, 0.2) is 5.78 Å². The second-order valence-electron chi connectivity index (χ2n) is 10.2. The molecular formula is C26H44N4O5. The molecule has 1 aromatic heterocycles. The molecule has 198 valence electrons. The summed E-state index contributed by atoms with van der Waals surface area (Å²) in [6, 6.07) is 3.69. The second kappa shape index (κ2) is 13.5. The summed E-state index contributed by atoms with van der Waals surface area (Å²) < 4.78 is 12.5. The highest BCUT2D eigenvalue weighted by molar-refractivity contribution is 5.92. The number of amides is 1. The van der Waals surface area contributed by atoms with Crippen molar-refractivity contribution in [3.05, 3.63) is 23.5 Å². The zero-order valence-corrected chi connectivity index (χ0v) is 21.9. The fraction of sp³-hybridized carbons (Fsp3) is 0.769. The van der Waals surface area contributed by atoms with Crippen LogP contribution in [0, 0.1) is 11.8 Å². The van der Waals surface area contributed by atoms with E-state index in [0.717, 1.165) is 18.5 Å². The van der Waals surface area contributed by atoms with E-state index in [2.05, 4.69) is 24.1 Å². The van der Waals surface area contributed by atoms with Gasteiger partial charge in [0.05, 0.1) is 30.5 Å². The van der Waals surface area contributed by atoms with E-state index in [0.29, 0.717) is 77.1 Å². The van der Waals surface area contributed by atoms with Crippen LogP contribution in [-0.4, -0.2) is 96.9 Å². The number of ketones is 1. The first-order valence-electron chi connectivity index (χ1n) is 13.0. The SMILES string of the molecule is COCCCCn1c(C(C)=O)ccc1C(O)N(CC(C)C)[C@@H]1CNC[C@H](C(=O)N2CCOCC2)C1. The summed E-state index contributed by atoms with van der Waals surface area (Å²) in [6.07, 6.45) is 1.57. The summed E-state index contributed by atoms with van der Waals surface area (Å²) in [7, 11) is 1.69. The van der Waals surface area contributed by atoms with Gasteiger partial charge in [-0.05, 0) is 37.3 Å². The van der Waals surface area contributed by atoms with Gasteiger partial charge in [0.25, 0.3) is 0 Å². The van der Waals surface area contributed by atoms with Gasteiger partial charge in [0, 0.05) is 66.0 Å². The third-order valence-electron chi connectivity index (χ3n) is 6.98. The molecule has 3 atom stereocenters. The minimum atomic E-state index is -0.864. The van der Waals surface area contributed by atoms with Crippen LogP contribution in [-0.2, 0) is 20.8 Å². The highest BCUT2D eigenvalue weighted by Gasteiger charge is 2.36. The van der Waals surface area contributed by atoms with Gasteiger partial charge in [-0.1, -0.05) is 13.8 Å². The maximum Gasteiger partial charge on any atom is 0.227 e. The molecule has 0 radical (unpaired) electrons. The summed E-state index contributed by atoms with van der Waals surface area (Å²) in [5.41, 5.74) is 1.35. The van der Waals surface area contributed by atoms with Crippen LogP contribution < -0.4 is 5.32 Å². The number of nitrogens with one attached hydrogen (secondary N) is 1. The quantitative estimate of drug-likeness (QED) is 0.261. The zero-order valence-electron chi connectivity index (χ0n) is 21.9.